The van der Waals surface area contributed by atoms with Crippen LogP contribution in [0.1, 0.15) is 58.1 Å². The van der Waals surface area contributed by atoms with Gasteiger partial charge in [0.25, 0.3) is 12.9 Å². The molecule has 0 radical (unpaired) electrons. The average molecular weight is 821 g/mol. The lowest BCUT2D eigenvalue weighted by molar-refractivity contribution is 0.151. The predicted octanol–water partition coefficient (Wildman–Crippen LogP) is 5.47. The van der Waals surface area contributed by atoms with E-state index in [1.807, 2.05) is 6.07 Å². The van der Waals surface area contributed by atoms with E-state index in [1.165, 1.54) is 41.5 Å². The summed E-state index contributed by atoms with van der Waals surface area (Å²) in [6.07, 6.45) is 1.34. The van der Waals surface area contributed by atoms with Gasteiger partial charge in [0.15, 0.2) is 17.3 Å². The van der Waals surface area contributed by atoms with Gasteiger partial charge in [-0.25, -0.2) is 36.9 Å². The second-order valence-corrected chi connectivity index (χ2v) is 12.6. The summed E-state index contributed by atoms with van der Waals surface area (Å²) in [4.78, 5) is 8.06. The third-order valence-electron chi connectivity index (χ3n) is 8.73. The van der Waals surface area contributed by atoms with Crippen LogP contribution in [0.5, 0.6) is 11.8 Å². The molecule has 0 unspecified atom stereocenters. The third kappa shape index (κ3) is 9.27. The molecular weight excluding hydrogens is 789 g/mol. The highest BCUT2D eigenvalue weighted by molar-refractivity contribution is 5.38. The number of aryl methyl sites for hydroxylation is 2. The zero-order chi connectivity index (χ0) is 42.2. The van der Waals surface area contributed by atoms with Gasteiger partial charge >= 0.3 is 0 Å². The first kappa shape index (κ1) is 40.3. The number of benzene rings is 2. The number of nitrogens with two attached hydrogens (primary N) is 1. The Kier molecular flexibility index (Phi) is 12.2. The SMILES string of the molecule is Cc1nnn(-c2ccc(C(F)F)cc2)c1COc1ccc(-n2cnc(C#N)c2)nn1.Cc1nnn(-c2ccc(C(F)F)cc2)c1COc1ccc(-n2cnc(CN)c2)nn1. The van der Waals surface area contributed by atoms with Crippen LogP contribution in [0.15, 0.2) is 97.8 Å². The van der Waals surface area contributed by atoms with Crippen molar-refractivity contribution in [2.45, 2.75) is 46.5 Å². The zero-order valence-corrected chi connectivity index (χ0v) is 31.6. The maximum atomic E-state index is 12.8. The predicted molar refractivity (Wildman–Crippen MR) is 202 cm³/mol. The van der Waals surface area contributed by atoms with Crippen LogP contribution in [0, 0.1) is 25.2 Å². The maximum absolute atomic E-state index is 12.8. The van der Waals surface area contributed by atoms with Crippen molar-refractivity contribution in [3.63, 3.8) is 0 Å². The van der Waals surface area contributed by atoms with Gasteiger partial charge in [-0.05, 0) is 50.2 Å². The Morgan fingerprint density at radius 3 is 1.47 bits per heavy atom. The molecule has 0 aliphatic heterocycles. The quantitative estimate of drug-likeness (QED) is 0.143. The lowest BCUT2D eigenvalue weighted by Gasteiger charge is -2.09. The Hall–Kier alpha value is -7.93. The van der Waals surface area contributed by atoms with Crippen molar-refractivity contribution in [1.29, 1.82) is 5.26 Å². The number of rotatable bonds is 13. The van der Waals surface area contributed by atoms with Gasteiger partial charge in [-0.2, -0.15) is 5.26 Å². The van der Waals surface area contributed by atoms with Crippen molar-refractivity contribution in [2.75, 3.05) is 0 Å². The minimum atomic E-state index is -2.53. The fourth-order valence-electron chi connectivity index (χ4n) is 5.46. The number of ether oxygens (including phenoxy) is 2. The van der Waals surface area contributed by atoms with Crippen LogP contribution < -0.4 is 15.2 Å². The van der Waals surface area contributed by atoms with E-state index >= 15 is 0 Å². The van der Waals surface area contributed by atoms with Gasteiger partial charge in [0, 0.05) is 42.2 Å². The summed E-state index contributed by atoms with van der Waals surface area (Å²) in [6.45, 7) is 4.14. The minimum Gasteiger partial charge on any atom is -0.470 e. The molecule has 0 aliphatic carbocycles. The van der Waals surface area contributed by atoms with Gasteiger partial charge in [0.05, 0.1) is 28.5 Å². The van der Waals surface area contributed by atoms with Gasteiger partial charge in [0.1, 0.15) is 43.3 Å². The van der Waals surface area contributed by atoms with E-state index in [0.29, 0.717) is 58.2 Å². The monoisotopic (exact) mass is 820 g/mol. The number of alkyl halides is 4. The van der Waals surface area contributed by atoms with Crippen molar-refractivity contribution < 1.29 is 27.0 Å². The van der Waals surface area contributed by atoms with Gasteiger partial charge in [-0.3, -0.25) is 9.13 Å². The third-order valence-corrected chi connectivity index (χ3v) is 8.73. The molecule has 0 saturated heterocycles. The normalized spacial score (nSPS) is 11.1. The topological polar surface area (TPSA) is 217 Å². The van der Waals surface area contributed by atoms with Crippen LogP contribution in [0.3, 0.4) is 0 Å². The van der Waals surface area contributed by atoms with Crippen molar-refractivity contribution in [1.82, 2.24) is 69.5 Å². The number of nitriles is 1. The number of imidazole rings is 2. The fraction of sp³-hybridized carbons (Fsp3) is 0.184. The number of hydrogen-bond acceptors (Lipinski definition) is 14. The van der Waals surface area contributed by atoms with Crippen molar-refractivity contribution in [2.24, 2.45) is 5.73 Å². The molecule has 0 aliphatic rings. The van der Waals surface area contributed by atoms with E-state index in [1.54, 1.807) is 88.7 Å². The van der Waals surface area contributed by atoms with Gasteiger partial charge in [-0.1, -0.05) is 34.7 Å². The molecule has 0 amide bonds. The maximum Gasteiger partial charge on any atom is 0.263 e. The first-order valence-electron chi connectivity index (χ1n) is 17.8. The molecule has 22 heteroatoms. The molecule has 0 bridgehead atoms. The molecule has 0 saturated carbocycles. The molecule has 60 heavy (non-hydrogen) atoms. The Balaban J connectivity index is 0.000000181. The Morgan fingerprint density at radius 2 is 1.08 bits per heavy atom. The Labute approximate surface area is 337 Å². The lowest BCUT2D eigenvalue weighted by Crippen LogP contribution is -2.08. The fourth-order valence-corrected chi connectivity index (χ4v) is 5.46. The summed E-state index contributed by atoms with van der Waals surface area (Å²) in [5, 5.41) is 41.3. The summed E-state index contributed by atoms with van der Waals surface area (Å²) in [5.74, 6) is 1.66. The van der Waals surface area contributed by atoms with E-state index in [-0.39, 0.29) is 35.9 Å². The van der Waals surface area contributed by atoms with Crippen molar-refractivity contribution >= 4 is 0 Å². The second kappa shape index (κ2) is 18.1. The van der Waals surface area contributed by atoms with E-state index in [2.05, 4.69) is 51.0 Å². The van der Waals surface area contributed by atoms with Crippen LogP contribution in [0.25, 0.3) is 23.0 Å². The van der Waals surface area contributed by atoms with Crippen LogP contribution in [-0.2, 0) is 19.8 Å². The number of nitrogens with zero attached hydrogens (tertiary/aromatic N) is 15. The summed E-state index contributed by atoms with van der Waals surface area (Å²) in [7, 11) is 0. The van der Waals surface area contributed by atoms with E-state index in [0.717, 1.165) is 5.69 Å². The van der Waals surface area contributed by atoms with Gasteiger partial charge in [0.2, 0.25) is 11.8 Å². The Bertz CT molecular complexity index is 2690. The molecule has 8 rings (SSSR count). The molecule has 18 nitrogen and oxygen atoms in total. The number of aromatic nitrogens is 14. The molecule has 0 spiro atoms. The minimum absolute atomic E-state index is 0.0553. The number of halogens is 4. The first-order valence-corrected chi connectivity index (χ1v) is 17.8. The van der Waals surface area contributed by atoms with E-state index in [4.69, 9.17) is 20.5 Å². The smallest absolute Gasteiger partial charge is 0.263 e. The second-order valence-electron chi connectivity index (χ2n) is 12.6. The van der Waals surface area contributed by atoms with E-state index < -0.39 is 12.9 Å². The standard InChI is InChI=1S/C19H18F2N8O.C19H14F2N8O/c2*1-12-16(29(27-24-12)15-4-2-13(3-5-15)19(20)21)10-30-18-7-6-17(25-26-18)28-9-14(8-22)23-11-28/h2-7,9,11,19H,8,10,22H2,1H3;2-7,9,11,19H,10H2,1H3. The van der Waals surface area contributed by atoms with Gasteiger partial charge in [-0.15, -0.1) is 30.6 Å². The Morgan fingerprint density at radius 1 is 0.617 bits per heavy atom. The molecular formula is C38H32F4N16O2. The molecule has 0 fully saturated rings. The zero-order valence-electron chi connectivity index (χ0n) is 31.6. The van der Waals surface area contributed by atoms with Crippen LogP contribution >= 0.6 is 0 Å². The highest BCUT2D eigenvalue weighted by Gasteiger charge is 2.16. The molecule has 8 aromatic rings. The molecule has 6 heterocycles. The highest BCUT2D eigenvalue weighted by Crippen LogP contribution is 2.23. The largest absolute Gasteiger partial charge is 0.470 e. The molecule has 304 valence electrons. The summed E-state index contributed by atoms with van der Waals surface area (Å²) < 4.78 is 68.9. The molecule has 0 atom stereocenters. The number of hydrogen-bond donors (Lipinski definition) is 1. The van der Waals surface area contributed by atoms with Crippen LogP contribution in [0.4, 0.5) is 17.6 Å². The molecule has 2 N–H and O–H groups in total. The molecule has 6 aromatic heterocycles. The summed E-state index contributed by atoms with van der Waals surface area (Å²) in [6, 6.07) is 20.3. The van der Waals surface area contributed by atoms with Crippen LogP contribution in [0.2, 0.25) is 0 Å². The van der Waals surface area contributed by atoms with Crippen molar-refractivity contribution in [3.05, 3.63) is 143 Å². The van der Waals surface area contributed by atoms with Gasteiger partial charge < -0.3 is 15.2 Å². The van der Waals surface area contributed by atoms with Crippen molar-refractivity contribution in [3.8, 4) is 40.8 Å². The molecule has 2 aromatic carbocycles. The van der Waals surface area contributed by atoms with Crippen LogP contribution in [-0.4, -0.2) is 69.5 Å². The van der Waals surface area contributed by atoms with E-state index in [9.17, 15) is 17.6 Å². The first-order chi connectivity index (χ1) is 29.1. The average Bonchev–Trinajstić information content (AvgIpc) is 4.10. The highest BCUT2D eigenvalue weighted by atomic mass is 19.3. The lowest BCUT2D eigenvalue weighted by atomic mass is 10.2. The summed E-state index contributed by atoms with van der Waals surface area (Å²) in [5.41, 5.74) is 10.3. The summed E-state index contributed by atoms with van der Waals surface area (Å²) >= 11 is 0.